The summed E-state index contributed by atoms with van der Waals surface area (Å²) in [5.74, 6) is 2.81. The van der Waals surface area contributed by atoms with Crippen molar-refractivity contribution in [1.29, 1.82) is 0 Å². The van der Waals surface area contributed by atoms with Crippen LogP contribution in [-0.4, -0.2) is 5.78 Å². The van der Waals surface area contributed by atoms with Crippen LogP contribution in [0.4, 0.5) is 0 Å². The Kier molecular flexibility index (Phi) is 11.1. The topological polar surface area (TPSA) is 17.1 Å². The van der Waals surface area contributed by atoms with E-state index in [2.05, 4.69) is 41.5 Å². The van der Waals surface area contributed by atoms with Crippen molar-refractivity contribution in [3.8, 4) is 0 Å². The fourth-order valence-electron chi connectivity index (χ4n) is 4.98. The molecule has 0 aliphatic heterocycles. The summed E-state index contributed by atoms with van der Waals surface area (Å²) in [6.45, 7) is 14.2. The predicted octanol–water partition coefficient (Wildman–Crippen LogP) is 8.21. The molecule has 1 rings (SSSR count). The fourth-order valence-corrected chi connectivity index (χ4v) is 4.98. The Bertz CT molecular complexity index is 382. The molecule has 0 aromatic rings. The maximum atomic E-state index is 13.0. The molecular weight excluding hydrogens is 316 g/mol. The second-order valence-corrected chi connectivity index (χ2v) is 10.3. The molecule has 1 aliphatic carbocycles. The minimum Gasteiger partial charge on any atom is -0.299 e. The average molecular weight is 365 g/mol. The number of Topliss-reactive ketones (excluding diaryl/α,β-unsaturated/α-hetero) is 1. The molecule has 0 bridgehead atoms. The van der Waals surface area contributed by atoms with Crippen LogP contribution in [0.25, 0.3) is 0 Å². The molecule has 1 nitrogen and oxygen atoms in total. The van der Waals surface area contributed by atoms with Crippen LogP contribution in [0.5, 0.6) is 0 Å². The first-order chi connectivity index (χ1) is 12.3. The van der Waals surface area contributed by atoms with Gasteiger partial charge in [-0.3, -0.25) is 4.79 Å². The molecule has 1 saturated carbocycles. The van der Waals surface area contributed by atoms with Gasteiger partial charge >= 0.3 is 0 Å². The van der Waals surface area contributed by atoms with Crippen LogP contribution in [-0.2, 0) is 4.79 Å². The number of carbonyl (C=O) groups is 1. The van der Waals surface area contributed by atoms with E-state index in [9.17, 15) is 4.79 Å². The van der Waals surface area contributed by atoms with E-state index >= 15 is 0 Å². The molecule has 1 heteroatoms. The summed E-state index contributed by atoms with van der Waals surface area (Å²) in [4.78, 5) is 13.0. The first-order valence-electron chi connectivity index (χ1n) is 11.8. The zero-order valence-corrected chi connectivity index (χ0v) is 18.9. The molecule has 0 amide bonds. The lowest BCUT2D eigenvalue weighted by atomic mass is 9.70. The van der Waals surface area contributed by atoms with Crippen molar-refractivity contribution >= 4 is 5.78 Å². The summed E-state index contributed by atoms with van der Waals surface area (Å²) < 4.78 is 0. The van der Waals surface area contributed by atoms with E-state index in [0.717, 1.165) is 19.3 Å². The van der Waals surface area contributed by atoms with Crippen LogP contribution in [0.15, 0.2) is 0 Å². The Morgan fingerprint density at radius 1 is 0.885 bits per heavy atom. The van der Waals surface area contributed by atoms with Crippen molar-refractivity contribution in [3.05, 3.63) is 0 Å². The largest absolute Gasteiger partial charge is 0.299 e. The highest BCUT2D eigenvalue weighted by Gasteiger charge is 2.32. The van der Waals surface area contributed by atoms with E-state index in [1.165, 1.54) is 64.2 Å². The molecule has 0 aromatic heterocycles. The molecular formula is C25H48O. The van der Waals surface area contributed by atoms with E-state index in [1.807, 2.05) is 0 Å². The highest BCUT2D eigenvalue weighted by Crippen LogP contribution is 2.38. The zero-order chi connectivity index (χ0) is 19.6. The minimum atomic E-state index is 0.323. The number of hydrogen-bond donors (Lipinski definition) is 0. The van der Waals surface area contributed by atoms with Gasteiger partial charge in [-0.15, -0.1) is 0 Å². The molecule has 0 N–H and O–H groups in total. The van der Waals surface area contributed by atoms with Crippen LogP contribution < -0.4 is 0 Å². The van der Waals surface area contributed by atoms with Gasteiger partial charge in [-0.1, -0.05) is 86.5 Å². The van der Waals surface area contributed by atoms with E-state index in [0.29, 0.717) is 34.9 Å². The van der Waals surface area contributed by atoms with Crippen LogP contribution in [0.2, 0.25) is 0 Å². The van der Waals surface area contributed by atoms with Crippen LogP contribution in [0.3, 0.4) is 0 Å². The van der Waals surface area contributed by atoms with Gasteiger partial charge in [0.2, 0.25) is 0 Å². The smallest absolute Gasteiger partial charge is 0.136 e. The second kappa shape index (κ2) is 12.2. The normalized spacial score (nSPS) is 27.7. The van der Waals surface area contributed by atoms with Gasteiger partial charge in [-0.2, -0.15) is 0 Å². The van der Waals surface area contributed by atoms with Crippen LogP contribution in [0.1, 0.15) is 125 Å². The van der Waals surface area contributed by atoms with Crippen LogP contribution in [0, 0.1) is 29.1 Å². The third-order valence-corrected chi connectivity index (χ3v) is 7.16. The van der Waals surface area contributed by atoms with Crippen LogP contribution >= 0.6 is 0 Å². The van der Waals surface area contributed by atoms with Crippen molar-refractivity contribution in [1.82, 2.24) is 0 Å². The Labute approximate surface area is 165 Å². The SMILES string of the molecule is CCCC(=O)C1CCCCCCCC(C)(C)CCCCC1C(C)C(C)C. The van der Waals surface area contributed by atoms with E-state index in [4.69, 9.17) is 0 Å². The fraction of sp³-hybridized carbons (Fsp3) is 0.960. The van der Waals surface area contributed by atoms with E-state index in [-0.39, 0.29) is 0 Å². The van der Waals surface area contributed by atoms with E-state index in [1.54, 1.807) is 0 Å². The Balaban J connectivity index is 2.89. The van der Waals surface area contributed by atoms with Gasteiger partial charge in [0.1, 0.15) is 5.78 Å². The summed E-state index contributed by atoms with van der Waals surface area (Å²) in [5.41, 5.74) is 0.501. The van der Waals surface area contributed by atoms with Gasteiger partial charge in [-0.05, 0) is 55.3 Å². The minimum absolute atomic E-state index is 0.323. The molecule has 0 radical (unpaired) electrons. The molecule has 1 aliphatic rings. The van der Waals surface area contributed by atoms with Gasteiger partial charge < -0.3 is 0 Å². The zero-order valence-electron chi connectivity index (χ0n) is 18.9. The third kappa shape index (κ3) is 8.57. The Hall–Kier alpha value is -0.330. The summed E-state index contributed by atoms with van der Waals surface area (Å²) in [6, 6.07) is 0. The van der Waals surface area contributed by atoms with Gasteiger partial charge in [0.15, 0.2) is 0 Å². The van der Waals surface area contributed by atoms with Crippen molar-refractivity contribution < 1.29 is 4.79 Å². The quantitative estimate of drug-likeness (QED) is 0.480. The number of hydrogen-bond acceptors (Lipinski definition) is 1. The lowest BCUT2D eigenvalue weighted by Crippen LogP contribution is -2.31. The van der Waals surface area contributed by atoms with Gasteiger partial charge in [0.05, 0.1) is 0 Å². The maximum Gasteiger partial charge on any atom is 0.136 e. The maximum absolute atomic E-state index is 13.0. The standard InChI is InChI=1S/C25H48O/c1-7-15-24(26)23-17-11-9-8-10-13-18-25(5,6)19-14-12-16-22(23)21(4)20(2)3/h20-23H,7-19H2,1-6H3. The molecule has 0 heterocycles. The van der Waals surface area contributed by atoms with Crippen molar-refractivity contribution in [2.45, 2.75) is 125 Å². The number of rotatable bonds is 5. The lowest BCUT2D eigenvalue weighted by molar-refractivity contribution is -0.126. The monoisotopic (exact) mass is 364 g/mol. The summed E-state index contributed by atoms with van der Waals surface area (Å²) in [6.07, 6.45) is 16.3. The van der Waals surface area contributed by atoms with Gasteiger partial charge in [0.25, 0.3) is 0 Å². The third-order valence-electron chi connectivity index (χ3n) is 7.16. The van der Waals surface area contributed by atoms with Gasteiger partial charge in [-0.25, -0.2) is 0 Å². The summed E-state index contributed by atoms with van der Waals surface area (Å²) >= 11 is 0. The highest BCUT2D eigenvalue weighted by molar-refractivity contribution is 5.81. The van der Waals surface area contributed by atoms with Crippen molar-refractivity contribution in [2.75, 3.05) is 0 Å². The second-order valence-electron chi connectivity index (χ2n) is 10.3. The molecule has 0 spiro atoms. The predicted molar refractivity (Wildman–Crippen MR) is 115 cm³/mol. The molecule has 3 atom stereocenters. The molecule has 3 unspecified atom stereocenters. The first-order valence-corrected chi connectivity index (χ1v) is 11.8. The Morgan fingerprint density at radius 2 is 1.42 bits per heavy atom. The molecule has 154 valence electrons. The first kappa shape index (κ1) is 23.7. The molecule has 26 heavy (non-hydrogen) atoms. The Morgan fingerprint density at radius 3 is 2.04 bits per heavy atom. The summed E-state index contributed by atoms with van der Waals surface area (Å²) in [5, 5.41) is 0. The van der Waals surface area contributed by atoms with Gasteiger partial charge in [0, 0.05) is 12.3 Å². The summed E-state index contributed by atoms with van der Waals surface area (Å²) in [7, 11) is 0. The van der Waals surface area contributed by atoms with E-state index < -0.39 is 0 Å². The molecule has 0 aromatic carbocycles. The molecule has 1 fully saturated rings. The van der Waals surface area contributed by atoms with Crippen molar-refractivity contribution in [3.63, 3.8) is 0 Å². The molecule has 0 saturated heterocycles. The lowest BCUT2D eigenvalue weighted by Gasteiger charge is -2.34. The van der Waals surface area contributed by atoms with Crippen molar-refractivity contribution in [2.24, 2.45) is 29.1 Å². The number of ketones is 1. The highest BCUT2D eigenvalue weighted by atomic mass is 16.1. The average Bonchev–Trinajstić information content (AvgIpc) is 2.57. The number of carbonyl (C=O) groups excluding carboxylic acids is 1.